The normalized spacial score (nSPS) is 12.4. The number of rotatable bonds is 7. The first-order valence-electron chi connectivity index (χ1n) is 6.20. The standard InChI is InChI=1S/C13H22N2O2/c1-4-14-11(3)9-13(16)15(5-2)10-12-7-6-8-17-12/h6-8,11,14H,4-5,9-10H2,1-3H3. The maximum Gasteiger partial charge on any atom is 0.224 e. The van der Waals surface area contributed by atoms with Crippen LogP contribution in [0.25, 0.3) is 0 Å². The van der Waals surface area contributed by atoms with Crippen LogP contribution in [-0.2, 0) is 11.3 Å². The van der Waals surface area contributed by atoms with Gasteiger partial charge in [-0.15, -0.1) is 0 Å². The third-order valence-electron chi connectivity index (χ3n) is 2.69. The van der Waals surface area contributed by atoms with Crippen LogP contribution in [0.2, 0.25) is 0 Å². The van der Waals surface area contributed by atoms with Crippen LogP contribution in [0.15, 0.2) is 22.8 Å². The van der Waals surface area contributed by atoms with Crippen LogP contribution in [0, 0.1) is 0 Å². The molecule has 0 saturated carbocycles. The van der Waals surface area contributed by atoms with E-state index in [2.05, 4.69) is 5.32 Å². The Bertz CT molecular complexity index is 322. The van der Waals surface area contributed by atoms with Crippen molar-refractivity contribution in [2.45, 2.75) is 39.8 Å². The van der Waals surface area contributed by atoms with Crippen LogP contribution in [0.1, 0.15) is 33.0 Å². The lowest BCUT2D eigenvalue weighted by molar-refractivity contribution is -0.132. The highest BCUT2D eigenvalue weighted by Gasteiger charge is 2.15. The van der Waals surface area contributed by atoms with Crippen molar-refractivity contribution in [1.82, 2.24) is 10.2 Å². The van der Waals surface area contributed by atoms with Crippen LogP contribution < -0.4 is 5.32 Å². The SMILES string of the molecule is CCNC(C)CC(=O)N(CC)Cc1ccco1. The average molecular weight is 238 g/mol. The zero-order chi connectivity index (χ0) is 12.7. The summed E-state index contributed by atoms with van der Waals surface area (Å²) in [7, 11) is 0. The van der Waals surface area contributed by atoms with E-state index in [9.17, 15) is 4.79 Å². The van der Waals surface area contributed by atoms with Gasteiger partial charge < -0.3 is 14.6 Å². The van der Waals surface area contributed by atoms with Crippen LogP contribution in [0.4, 0.5) is 0 Å². The largest absolute Gasteiger partial charge is 0.467 e. The maximum absolute atomic E-state index is 12.0. The lowest BCUT2D eigenvalue weighted by Gasteiger charge is -2.22. The number of furan rings is 1. The molecule has 17 heavy (non-hydrogen) atoms. The van der Waals surface area contributed by atoms with Crippen molar-refractivity contribution in [2.75, 3.05) is 13.1 Å². The van der Waals surface area contributed by atoms with Gasteiger partial charge in [0, 0.05) is 19.0 Å². The summed E-state index contributed by atoms with van der Waals surface area (Å²) in [6.45, 7) is 8.21. The predicted octanol–water partition coefficient (Wildman–Crippen LogP) is 2.02. The van der Waals surface area contributed by atoms with Crippen LogP contribution in [0.3, 0.4) is 0 Å². The molecule has 1 unspecified atom stereocenters. The minimum absolute atomic E-state index is 0.164. The van der Waals surface area contributed by atoms with Gasteiger partial charge in [-0.2, -0.15) is 0 Å². The highest BCUT2D eigenvalue weighted by atomic mass is 16.3. The number of nitrogens with zero attached hydrogens (tertiary/aromatic N) is 1. The first-order chi connectivity index (χ1) is 8.17. The van der Waals surface area contributed by atoms with Gasteiger partial charge in [0.05, 0.1) is 12.8 Å². The van der Waals surface area contributed by atoms with E-state index in [0.717, 1.165) is 12.3 Å². The lowest BCUT2D eigenvalue weighted by atomic mass is 10.2. The fraction of sp³-hybridized carbons (Fsp3) is 0.615. The summed E-state index contributed by atoms with van der Waals surface area (Å²) in [5.74, 6) is 0.994. The minimum Gasteiger partial charge on any atom is -0.467 e. The van der Waals surface area contributed by atoms with Crippen LogP contribution in [-0.4, -0.2) is 29.9 Å². The minimum atomic E-state index is 0.164. The molecular formula is C13H22N2O2. The molecule has 1 rings (SSSR count). The molecule has 1 aromatic rings. The summed E-state index contributed by atoms with van der Waals surface area (Å²) in [4.78, 5) is 13.8. The van der Waals surface area contributed by atoms with E-state index in [0.29, 0.717) is 19.5 Å². The van der Waals surface area contributed by atoms with E-state index < -0.39 is 0 Å². The number of carbonyl (C=O) groups excluding carboxylic acids is 1. The summed E-state index contributed by atoms with van der Waals surface area (Å²) < 4.78 is 5.26. The molecule has 4 heteroatoms. The second-order valence-electron chi connectivity index (χ2n) is 4.15. The highest BCUT2D eigenvalue weighted by Crippen LogP contribution is 2.07. The van der Waals surface area contributed by atoms with Crippen molar-refractivity contribution in [3.63, 3.8) is 0 Å². The van der Waals surface area contributed by atoms with Crippen LogP contribution >= 0.6 is 0 Å². The molecule has 1 heterocycles. The van der Waals surface area contributed by atoms with Crippen molar-refractivity contribution in [3.05, 3.63) is 24.2 Å². The van der Waals surface area contributed by atoms with Gasteiger partial charge in [-0.05, 0) is 32.5 Å². The lowest BCUT2D eigenvalue weighted by Crippen LogP contribution is -2.36. The Hall–Kier alpha value is -1.29. The Labute approximate surface area is 103 Å². The molecular weight excluding hydrogens is 216 g/mol. The molecule has 0 saturated heterocycles. The number of hydrogen-bond acceptors (Lipinski definition) is 3. The first kappa shape index (κ1) is 13.8. The Morgan fingerprint density at radius 2 is 2.29 bits per heavy atom. The Morgan fingerprint density at radius 1 is 1.53 bits per heavy atom. The maximum atomic E-state index is 12.0. The third-order valence-corrected chi connectivity index (χ3v) is 2.69. The number of carbonyl (C=O) groups is 1. The number of nitrogens with one attached hydrogen (secondary N) is 1. The Balaban J connectivity index is 2.46. The topological polar surface area (TPSA) is 45.5 Å². The molecule has 1 atom stereocenters. The van der Waals surface area contributed by atoms with E-state index >= 15 is 0 Å². The van der Waals surface area contributed by atoms with Gasteiger partial charge in [-0.25, -0.2) is 0 Å². The molecule has 0 bridgehead atoms. The highest BCUT2D eigenvalue weighted by molar-refractivity contribution is 5.76. The Morgan fingerprint density at radius 3 is 2.82 bits per heavy atom. The molecule has 0 spiro atoms. The fourth-order valence-corrected chi connectivity index (χ4v) is 1.78. The van der Waals surface area contributed by atoms with Crippen molar-refractivity contribution >= 4 is 5.91 Å². The van der Waals surface area contributed by atoms with Gasteiger partial charge in [0.15, 0.2) is 0 Å². The second-order valence-corrected chi connectivity index (χ2v) is 4.15. The molecule has 1 amide bonds. The van der Waals surface area contributed by atoms with Gasteiger partial charge >= 0.3 is 0 Å². The molecule has 4 nitrogen and oxygen atoms in total. The molecule has 96 valence electrons. The van der Waals surface area contributed by atoms with Gasteiger partial charge in [-0.1, -0.05) is 6.92 Å². The van der Waals surface area contributed by atoms with Crippen LogP contribution in [0.5, 0.6) is 0 Å². The molecule has 0 aliphatic rings. The molecule has 1 aromatic heterocycles. The summed E-state index contributed by atoms with van der Waals surface area (Å²) in [6.07, 6.45) is 2.16. The summed E-state index contributed by atoms with van der Waals surface area (Å²) in [5, 5.41) is 3.24. The van der Waals surface area contributed by atoms with E-state index in [4.69, 9.17) is 4.42 Å². The molecule has 0 aliphatic carbocycles. The summed E-state index contributed by atoms with van der Waals surface area (Å²) in [5.41, 5.74) is 0. The summed E-state index contributed by atoms with van der Waals surface area (Å²) >= 11 is 0. The van der Waals surface area contributed by atoms with Crippen molar-refractivity contribution < 1.29 is 9.21 Å². The first-order valence-corrected chi connectivity index (χ1v) is 6.20. The molecule has 0 radical (unpaired) electrons. The van der Waals surface area contributed by atoms with Crippen molar-refractivity contribution in [1.29, 1.82) is 0 Å². The quantitative estimate of drug-likeness (QED) is 0.790. The van der Waals surface area contributed by atoms with Gasteiger partial charge in [0.2, 0.25) is 5.91 Å². The van der Waals surface area contributed by atoms with Gasteiger partial charge in [-0.3, -0.25) is 4.79 Å². The molecule has 0 aliphatic heterocycles. The number of amides is 1. The smallest absolute Gasteiger partial charge is 0.224 e. The zero-order valence-electron chi connectivity index (χ0n) is 10.9. The second kappa shape index (κ2) is 7.12. The van der Waals surface area contributed by atoms with E-state index in [1.807, 2.05) is 37.8 Å². The molecule has 0 aromatic carbocycles. The van der Waals surface area contributed by atoms with E-state index in [1.165, 1.54) is 0 Å². The van der Waals surface area contributed by atoms with Crippen molar-refractivity contribution in [2.24, 2.45) is 0 Å². The predicted molar refractivity (Wildman–Crippen MR) is 67.6 cm³/mol. The monoisotopic (exact) mass is 238 g/mol. The van der Waals surface area contributed by atoms with E-state index in [-0.39, 0.29) is 11.9 Å². The zero-order valence-corrected chi connectivity index (χ0v) is 10.9. The average Bonchev–Trinajstić information content (AvgIpc) is 2.78. The van der Waals surface area contributed by atoms with Crippen molar-refractivity contribution in [3.8, 4) is 0 Å². The van der Waals surface area contributed by atoms with E-state index in [1.54, 1.807) is 6.26 Å². The third kappa shape index (κ3) is 4.61. The van der Waals surface area contributed by atoms with Gasteiger partial charge in [0.25, 0.3) is 0 Å². The van der Waals surface area contributed by atoms with Gasteiger partial charge in [0.1, 0.15) is 5.76 Å². The fourth-order valence-electron chi connectivity index (χ4n) is 1.78. The summed E-state index contributed by atoms with van der Waals surface area (Å²) in [6, 6.07) is 3.96. The Kier molecular flexibility index (Phi) is 5.77. The number of hydrogen-bond donors (Lipinski definition) is 1. The molecule has 1 N–H and O–H groups in total. The molecule has 0 fully saturated rings.